The maximum Gasteiger partial charge on any atom is 0.192 e. The third-order valence-electron chi connectivity index (χ3n) is 2.17. The molecule has 0 atom stereocenters. The molecule has 0 aliphatic carbocycles. The molecule has 0 fully saturated rings. The highest BCUT2D eigenvalue weighted by molar-refractivity contribution is 7.91. The monoisotopic (exact) mass is 223 g/mol. The quantitative estimate of drug-likeness (QED) is 0.769. The van der Waals surface area contributed by atoms with Gasteiger partial charge in [0, 0.05) is 0 Å². The van der Waals surface area contributed by atoms with Gasteiger partial charge in [0.2, 0.25) is 0 Å². The van der Waals surface area contributed by atoms with E-state index in [9.17, 15) is 8.42 Å². The number of hydrogen-bond acceptors (Lipinski definition) is 3. The third kappa shape index (κ3) is 2.37. The number of aryl methyl sites for hydroxylation is 3. The summed E-state index contributed by atoms with van der Waals surface area (Å²) in [7, 11) is -3.45. The largest absolute Gasteiger partial charge is 0.223 e. The Morgan fingerprint density at radius 3 is 2.07 bits per heavy atom. The van der Waals surface area contributed by atoms with Gasteiger partial charge >= 0.3 is 0 Å². The van der Waals surface area contributed by atoms with Crippen molar-refractivity contribution in [3.63, 3.8) is 0 Å². The molecule has 0 aliphatic rings. The summed E-state index contributed by atoms with van der Waals surface area (Å²) in [5.41, 5.74) is 2.45. The second-order valence-corrected chi connectivity index (χ2v) is 5.57. The lowest BCUT2D eigenvalue weighted by atomic mass is 10.1. The Labute approximate surface area is 90.3 Å². The van der Waals surface area contributed by atoms with Crippen molar-refractivity contribution in [1.82, 2.24) is 0 Å². The summed E-state index contributed by atoms with van der Waals surface area (Å²) in [5, 5.41) is 8.47. The fourth-order valence-electron chi connectivity index (χ4n) is 1.81. The van der Waals surface area contributed by atoms with Crippen LogP contribution in [0.2, 0.25) is 0 Å². The van der Waals surface area contributed by atoms with E-state index in [4.69, 9.17) is 5.26 Å². The fourth-order valence-corrected chi connectivity index (χ4v) is 3.23. The van der Waals surface area contributed by atoms with Crippen molar-refractivity contribution in [2.24, 2.45) is 0 Å². The molecule has 0 aromatic heterocycles. The zero-order valence-electron chi connectivity index (χ0n) is 9.03. The molecule has 0 N–H and O–H groups in total. The Hall–Kier alpha value is -1.34. The smallest absolute Gasteiger partial charge is 0.192 e. The first-order chi connectivity index (χ1) is 6.88. The first-order valence-electron chi connectivity index (χ1n) is 4.56. The van der Waals surface area contributed by atoms with Gasteiger partial charge in [-0.2, -0.15) is 5.26 Å². The van der Waals surface area contributed by atoms with Crippen LogP contribution in [0, 0.1) is 32.1 Å². The van der Waals surface area contributed by atoms with Gasteiger partial charge in [0.05, 0.1) is 11.0 Å². The van der Waals surface area contributed by atoms with Crippen molar-refractivity contribution in [3.05, 3.63) is 28.8 Å². The number of hydrogen-bond donors (Lipinski definition) is 0. The number of sulfone groups is 1. The topological polar surface area (TPSA) is 57.9 Å². The second-order valence-electron chi connectivity index (χ2n) is 3.65. The van der Waals surface area contributed by atoms with Crippen molar-refractivity contribution >= 4 is 9.84 Å². The van der Waals surface area contributed by atoms with Gasteiger partial charge < -0.3 is 0 Å². The zero-order valence-corrected chi connectivity index (χ0v) is 9.85. The molecule has 0 saturated carbocycles. The molecule has 0 heterocycles. The van der Waals surface area contributed by atoms with Crippen LogP contribution >= 0.6 is 0 Å². The first kappa shape index (κ1) is 11.7. The highest BCUT2D eigenvalue weighted by atomic mass is 32.2. The van der Waals surface area contributed by atoms with E-state index in [-0.39, 0.29) is 0 Å². The average Bonchev–Trinajstić information content (AvgIpc) is 1.99. The molecule has 80 valence electrons. The van der Waals surface area contributed by atoms with Crippen molar-refractivity contribution < 1.29 is 8.42 Å². The van der Waals surface area contributed by atoms with E-state index in [2.05, 4.69) is 0 Å². The van der Waals surface area contributed by atoms with Crippen molar-refractivity contribution in [2.75, 3.05) is 5.75 Å². The van der Waals surface area contributed by atoms with Crippen LogP contribution in [0.4, 0.5) is 0 Å². The molecule has 0 unspecified atom stereocenters. The first-order valence-corrected chi connectivity index (χ1v) is 6.21. The summed E-state index contributed by atoms with van der Waals surface area (Å²) in [4.78, 5) is 0.301. The van der Waals surface area contributed by atoms with Crippen LogP contribution in [0.1, 0.15) is 16.7 Å². The van der Waals surface area contributed by atoms with Gasteiger partial charge in [0.15, 0.2) is 9.84 Å². The van der Waals surface area contributed by atoms with E-state index in [1.54, 1.807) is 19.9 Å². The van der Waals surface area contributed by atoms with Gasteiger partial charge in [-0.1, -0.05) is 17.7 Å². The second kappa shape index (κ2) is 4.03. The summed E-state index contributed by atoms with van der Waals surface area (Å²) < 4.78 is 23.5. The van der Waals surface area contributed by atoms with Gasteiger partial charge in [0.1, 0.15) is 5.75 Å². The van der Waals surface area contributed by atoms with E-state index >= 15 is 0 Å². The number of benzene rings is 1. The summed E-state index contributed by atoms with van der Waals surface area (Å²) in [6, 6.07) is 5.32. The van der Waals surface area contributed by atoms with Crippen LogP contribution in [-0.2, 0) is 9.84 Å². The lowest BCUT2D eigenvalue weighted by Crippen LogP contribution is -2.09. The lowest BCUT2D eigenvalue weighted by molar-refractivity contribution is 0.598. The molecular formula is C11H13NO2S. The Balaban J connectivity index is 3.47. The standard InChI is InChI=1S/C11H13NO2S/c1-8-6-9(2)11(10(3)7-8)15(13,14)5-4-12/h6-7H,5H2,1-3H3. The fraction of sp³-hybridized carbons (Fsp3) is 0.364. The maximum atomic E-state index is 11.8. The number of nitrogens with zero attached hydrogens (tertiary/aromatic N) is 1. The molecule has 0 radical (unpaired) electrons. The maximum absolute atomic E-state index is 11.8. The molecule has 4 heteroatoms. The average molecular weight is 223 g/mol. The van der Waals surface area contributed by atoms with Crippen LogP contribution < -0.4 is 0 Å². The molecule has 0 aliphatic heterocycles. The summed E-state index contributed by atoms with van der Waals surface area (Å²) in [6.45, 7) is 5.43. The summed E-state index contributed by atoms with van der Waals surface area (Å²) in [5.74, 6) is -0.461. The summed E-state index contributed by atoms with van der Waals surface area (Å²) in [6.07, 6.45) is 0. The van der Waals surface area contributed by atoms with Crippen LogP contribution in [0.25, 0.3) is 0 Å². The molecule has 15 heavy (non-hydrogen) atoms. The SMILES string of the molecule is Cc1cc(C)c(S(=O)(=O)CC#N)c(C)c1. The van der Waals surface area contributed by atoms with Crippen molar-refractivity contribution in [3.8, 4) is 6.07 Å². The Kier molecular flexibility index (Phi) is 3.15. The predicted molar refractivity (Wildman–Crippen MR) is 58.3 cm³/mol. The zero-order chi connectivity index (χ0) is 11.6. The van der Waals surface area contributed by atoms with E-state index in [0.29, 0.717) is 16.0 Å². The van der Waals surface area contributed by atoms with Crippen LogP contribution in [-0.4, -0.2) is 14.2 Å². The van der Waals surface area contributed by atoms with Gasteiger partial charge in [-0.25, -0.2) is 8.42 Å². The minimum atomic E-state index is -3.45. The van der Waals surface area contributed by atoms with E-state index < -0.39 is 15.6 Å². The Morgan fingerprint density at radius 1 is 1.20 bits per heavy atom. The Bertz CT molecular complexity index is 501. The minimum Gasteiger partial charge on any atom is -0.223 e. The van der Waals surface area contributed by atoms with E-state index in [0.717, 1.165) is 5.56 Å². The molecule has 0 saturated heterocycles. The highest BCUT2D eigenvalue weighted by Crippen LogP contribution is 2.22. The molecule has 1 rings (SSSR count). The van der Waals surface area contributed by atoms with Gasteiger partial charge in [-0.3, -0.25) is 0 Å². The van der Waals surface area contributed by atoms with Gasteiger partial charge in [0.25, 0.3) is 0 Å². The highest BCUT2D eigenvalue weighted by Gasteiger charge is 2.19. The molecule has 0 spiro atoms. The van der Waals surface area contributed by atoms with Gasteiger partial charge in [-0.15, -0.1) is 0 Å². The Morgan fingerprint density at radius 2 is 1.67 bits per heavy atom. The van der Waals surface area contributed by atoms with E-state index in [1.165, 1.54) is 0 Å². The van der Waals surface area contributed by atoms with E-state index in [1.807, 2.05) is 19.1 Å². The molecule has 0 amide bonds. The lowest BCUT2D eigenvalue weighted by Gasteiger charge is -2.09. The number of rotatable bonds is 2. The predicted octanol–water partition coefficient (Wildman–Crippen LogP) is 1.91. The van der Waals surface area contributed by atoms with Crippen LogP contribution in [0.5, 0.6) is 0 Å². The minimum absolute atomic E-state index is 0.301. The number of nitriles is 1. The molecule has 3 nitrogen and oxygen atoms in total. The molecule has 0 bridgehead atoms. The van der Waals surface area contributed by atoms with Gasteiger partial charge in [-0.05, 0) is 31.9 Å². The van der Waals surface area contributed by atoms with Crippen LogP contribution in [0.15, 0.2) is 17.0 Å². The van der Waals surface area contributed by atoms with Crippen molar-refractivity contribution in [2.45, 2.75) is 25.7 Å². The molecular weight excluding hydrogens is 210 g/mol. The third-order valence-corrected chi connectivity index (χ3v) is 3.95. The van der Waals surface area contributed by atoms with Crippen molar-refractivity contribution in [1.29, 1.82) is 5.26 Å². The normalized spacial score (nSPS) is 11.1. The van der Waals surface area contributed by atoms with Crippen LogP contribution in [0.3, 0.4) is 0 Å². The summed E-state index contributed by atoms with van der Waals surface area (Å²) >= 11 is 0. The molecule has 1 aromatic carbocycles. The molecule has 1 aromatic rings.